The summed E-state index contributed by atoms with van der Waals surface area (Å²) < 4.78 is 0. The van der Waals surface area contributed by atoms with E-state index in [2.05, 4.69) is 0 Å². The van der Waals surface area contributed by atoms with Crippen LogP contribution in [0.2, 0.25) is 0 Å². The lowest BCUT2D eigenvalue weighted by Gasteiger charge is -2.35. The lowest BCUT2D eigenvalue weighted by molar-refractivity contribution is -0.139. The first-order valence-corrected chi connectivity index (χ1v) is 9.47. The molecule has 1 aliphatic heterocycles. The highest BCUT2D eigenvalue weighted by Crippen LogP contribution is 2.14. The number of nitrogens with two attached hydrogens (primary N) is 1. The summed E-state index contributed by atoms with van der Waals surface area (Å²) in [4.78, 5) is 28.7. The number of rotatable bonds is 5. The van der Waals surface area contributed by atoms with E-state index in [0.717, 1.165) is 16.8 Å². The predicted molar refractivity (Wildman–Crippen MR) is 107 cm³/mol. The summed E-state index contributed by atoms with van der Waals surface area (Å²) in [5.41, 5.74) is 9.91. The minimum atomic E-state index is 0.128. The normalized spacial score (nSPS) is 14.3. The zero-order chi connectivity index (χ0) is 19.2. The first-order valence-electron chi connectivity index (χ1n) is 9.47. The molecule has 27 heavy (non-hydrogen) atoms. The molecule has 1 saturated heterocycles. The Morgan fingerprint density at radius 1 is 0.889 bits per heavy atom. The molecule has 5 heteroatoms. The molecule has 1 heterocycles. The zero-order valence-electron chi connectivity index (χ0n) is 15.9. The molecular formula is C22H27N3O2. The van der Waals surface area contributed by atoms with Gasteiger partial charge < -0.3 is 15.5 Å². The molecule has 0 aromatic heterocycles. The third-order valence-electron chi connectivity index (χ3n) is 5.12. The highest BCUT2D eigenvalue weighted by molar-refractivity contribution is 5.80. The van der Waals surface area contributed by atoms with Gasteiger partial charge in [-0.25, -0.2) is 0 Å². The Labute approximate surface area is 160 Å². The highest BCUT2D eigenvalue weighted by Gasteiger charge is 2.24. The van der Waals surface area contributed by atoms with Gasteiger partial charge in [0.25, 0.3) is 0 Å². The highest BCUT2D eigenvalue weighted by atomic mass is 16.2. The van der Waals surface area contributed by atoms with E-state index in [1.165, 1.54) is 5.56 Å². The summed E-state index contributed by atoms with van der Waals surface area (Å²) in [5, 5.41) is 0. The van der Waals surface area contributed by atoms with Gasteiger partial charge in [-0.2, -0.15) is 0 Å². The topological polar surface area (TPSA) is 66.6 Å². The van der Waals surface area contributed by atoms with E-state index in [0.29, 0.717) is 45.4 Å². The minimum absolute atomic E-state index is 0.128. The molecule has 2 N–H and O–H groups in total. The van der Waals surface area contributed by atoms with Crippen LogP contribution in [0, 0.1) is 6.92 Å². The smallest absolute Gasteiger partial charge is 0.227 e. The van der Waals surface area contributed by atoms with E-state index in [1.807, 2.05) is 65.3 Å². The molecule has 0 atom stereocenters. The summed E-state index contributed by atoms with van der Waals surface area (Å²) in [7, 11) is 0. The number of amides is 2. The maximum atomic E-state index is 12.5. The number of para-hydroxylation sites is 1. The standard InChI is InChI=1S/C22H27N3O2/c1-17-6-8-18(9-7-17)16-22(27)25-14-12-24(13-15-25)21(26)11-10-19-4-2-3-5-20(19)23/h2-9H,10-16,23H2,1H3. The summed E-state index contributed by atoms with van der Waals surface area (Å²) in [6.45, 7) is 4.44. The number of nitrogen functional groups attached to an aromatic ring is 1. The number of hydrogen-bond donors (Lipinski definition) is 1. The van der Waals surface area contributed by atoms with Crippen LogP contribution in [0.5, 0.6) is 0 Å². The van der Waals surface area contributed by atoms with Gasteiger partial charge in [0.15, 0.2) is 0 Å². The van der Waals surface area contributed by atoms with Crippen LogP contribution in [-0.4, -0.2) is 47.8 Å². The molecule has 0 saturated carbocycles. The van der Waals surface area contributed by atoms with Gasteiger partial charge in [0, 0.05) is 38.3 Å². The van der Waals surface area contributed by atoms with Crippen LogP contribution in [0.4, 0.5) is 5.69 Å². The molecule has 0 spiro atoms. The molecule has 2 aromatic carbocycles. The Kier molecular flexibility index (Phi) is 6.12. The van der Waals surface area contributed by atoms with Crippen LogP contribution in [0.15, 0.2) is 48.5 Å². The van der Waals surface area contributed by atoms with Crippen molar-refractivity contribution in [2.45, 2.75) is 26.2 Å². The first kappa shape index (κ1) is 19.0. The van der Waals surface area contributed by atoms with Crippen molar-refractivity contribution >= 4 is 17.5 Å². The number of anilines is 1. The van der Waals surface area contributed by atoms with Crippen molar-refractivity contribution in [1.82, 2.24) is 9.80 Å². The van der Waals surface area contributed by atoms with Crippen LogP contribution in [-0.2, 0) is 22.4 Å². The number of carbonyl (C=O) groups excluding carboxylic acids is 2. The second-order valence-electron chi connectivity index (χ2n) is 7.12. The Morgan fingerprint density at radius 2 is 1.48 bits per heavy atom. The van der Waals surface area contributed by atoms with Crippen molar-refractivity contribution in [3.63, 3.8) is 0 Å². The second kappa shape index (κ2) is 8.71. The average Bonchev–Trinajstić information content (AvgIpc) is 2.69. The first-order chi connectivity index (χ1) is 13.0. The van der Waals surface area contributed by atoms with Gasteiger partial charge in [-0.1, -0.05) is 48.0 Å². The number of aryl methyl sites for hydroxylation is 2. The Morgan fingerprint density at radius 3 is 2.11 bits per heavy atom. The number of nitrogens with zero attached hydrogens (tertiary/aromatic N) is 2. The van der Waals surface area contributed by atoms with Gasteiger partial charge in [0.05, 0.1) is 6.42 Å². The fourth-order valence-electron chi connectivity index (χ4n) is 3.36. The van der Waals surface area contributed by atoms with E-state index in [-0.39, 0.29) is 11.8 Å². The van der Waals surface area contributed by atoms with Crippen molar-refractivity contribution in [2.24, 2.45) is 0 Å². The van der Waals surface area contributed by atoms with Gasteiger partial charge in [-0.05, 0) is 30.5 Å². The second-order valence-corrected chi connectivity index (χ2v) is 7.12. The van der Waals surface area contributed by atoms with Crippen LogP contribution in [0.3, 0.4) is 0 Å². The molecule has 2 amide bonds. The average molecular weight is 365 g/mol. The van der Waals surface area contributed by atoms with Gasteiger partial charge in [-0.15, -0.1) is 0 Å². The monoisotopic (exact) mass is 365 g/mol. The predicted octanol–water partition coefficient (Wildman–Crippen LogP) is 2.42. The van der Waals surface area contributed by atoms with E-state index >= 15 is 0 Å². The molecule has 142 valence electrons. The van der Waals surface area contributed by atoms with Gasteiger partial charge in [0.1, 0.15) is 0 Å². The van der Waals surface area contributed by atoms with Crippen LogP contribution in [0.25, 0.3) is 0 Å². The molecule has 2 aromatic rings. The zero-order valence-corrected chi connectivity index (χ0v) is 15.9. The number of benzene rings is 2. The summed E-state index contributed by atoms with van der Waals surface area (Å²) in [6, 6.07) is 15.7. The van der Waals surface area contributed by atoms with E-state index in [9.17, 15) is 9.59 Å². The fourth-order valence-corrected chi connectivity index (χ4v) is 3.36. The van der Waals surface area contributed by atoms with Crippen molar-refractivity contribution < 1.29 is 9.59 Å². The molecule has 0 aliphatic carbocycles. The molecule has 3 rings (SSSR count). The van der Waals surface area contributed by atoms with E-state index < -0.39 is 0 Å². The third kappa shape index (κ3) is 5.09. The molecular weight excluding hydrogens is 338 g/mol. The summed E-state index contributed by atoms with van der Waals surface area (Å²) in [5.74, 6) is 0.256. The maximum Gasteiger partial charge on any atom is 0.227 e. The van der Waals surface area contributed by atoms with E-state index in [1.54, 1.807) is 0 Å². The number of piperazine rings is 1. The Bertz CT molecular complexity index is 793. The van der Waals surface area contributed by atoms with Crippen molar-refractivity contribution in [1.29, 1.82) is 0 Å². The fraction of sp³-hybridized carbons (Fsp3) is 0.364. The molecule has 1 aliphatic rings. The van der Waals surface area contributed by atoms with Crippen LogP contribution < -0.4 is 5.73 Å². The molecule has 1 fully saturated rings. The Hall–Kier alpha value is -2.82. The Balaban J connectivity index is 1.45. The van der Waals surface area contributed by atoms with Gasteiger partial charge in [0.2, 0.25) is 11.8 Å². The summed E-state index contributed by atoms with van der Waals surface area (Å²) in [6.07, 6.45) is 1.52. The quantitative estimate of drug-likeness (QED) is 0.828. The molecule has 0 unspecified atom stereocenters. The lowest BCUT2D eigenvalue weighted by atomic mass is 10.1. The van der Waals surface area contributed by atoms with Gasteiger partial charge >= 0.3 is 0 Å². The maximum absolute atomic E-state index is 12.5. The van der Waals surface area contributed by atoms with Crippen molar-refractivity contribution in [3.8, 4) is 0 Å². The minimum Gasteiger partial charge on any atom is -0.399 e. The number of carbonyl (C=O) groups is 2. The van der Waals surface area contributed by atoms with Gasteiger partial charge in [-0.3, -0.25) is 9.59 Å². The SMILES string of the molecule is Cc1ccc(CC(=O)N2CCN(C(=O)CCc3ccccc3N)CC2)cc1. The van der Waals surface area contributed by atoms with Crippen LogP contribution in [0.1, 0.15) is 23.1 Å². The van der Waals surface area contributed by atoms with Crippen LogP contribution >= 0.6 is 0 Å². The van der Waals surface area contributed by atoms with Crippen molar-refractivity contribution in [3.05, 3.63) is 65.2 Å². The lowest BCUT2D eigenvalue weighted by Crippen LogP contribution is -2.51. The molecule has 5 nitrogen and oxygen atoms in total. The largest absolute Gasteiger partial charge is 0.399 e. The van der Waals surface area contributed by atoms with E-state index in [4.69, 9.17) is 5.73 Å². The third-order valence-corrected chi connectivity index (χ3v) is 5.12. The molecule has 0 radical (unpaired) electrons. The van der Waals surface area contributed by atoms with Crippen molar-refractivity contribution in [2.75, 3.05) is 31.9 Å². The number of hydrogen-bond acceptors (Lipinski definition) is 3. The summed E-state index contributed by atoms with van der Waals surface area (Å²) >= 11 is 0. The molecule has 0 bridgehead atoms.